The summed E-state index contributed by atoms with van der Waals surface area (Å²) in [7, 11) is 0. The summed E-state index contributed by atoms with van der Waals surface area (Å²) >= 11 is 5.69. The number of fused-ring (bicyclic) bond motifs is 1. The first-order valence-electron chi connectivity index (χ1n) is 4.87. The maximum atomic E-state index is 11.4. The summed E-state index contributed by atoms with van der Waals surface area (Å²) in [5.41, 5.74) is 2.08. The maximum absolute atomic E-state index is 11.4. The molecule has 0 saturated heterocycles. The standard InChI is InChI=1S/C11H10ClNO3/c1-2-15-11(14)10-13-8-4-3-7(6-12)5-9(8)16-10/h3-5H,2,6H2,1H3. The Morgan fingerprint density at radius 1 is 1.56 bits per heavy atom. The molecule has 16 heavy (non-hydrogen) atoms. The van der Waals surface area contributed by atoms with Gasteiger partial charge in [-0.1, -0.05) is 6.07 Å². The van der Waals surface area contributed by atoms with Gasteiger partial charge in [0.2, 0.25) is 0 Å². The molecule has 0 saturated carbocycles. The molecule has 0 aliphatic carbocycles. The topological polar surface area (TPSA) is 52.3 Å². The minimum absolute atomic E-state index is 0.0245. The van der Waals surface area contributed by atoms with E-state index in [1.807, 2.05) is 6.07 Å². The number of alkyl halides is 1. The fourth-order valence-corrected chi connectivity index (χ4v) is 1.50. The molecule has 0 amide bonds. The van der Waals surface area contributed by atoms with E-state index in [1.165, 1.54) is 0 Å². The summed E-state index contributed by atoms with van der Waals surface area (Å²) in [5, 5.41) is 0. The number of rotatable bonds is 3. The zero-order valence-corrected chi connectivity index (χ0v) is 9.45. The first-order valence-corrected chi connectivity index (χ1v) is 5.40. The molecule has 2 rings (SSSR count). The summed E-state index contributed by atoms with van der Waals surface area (Å²) in [6.45, 7) is 2.02. The maximum Gasteiger partial charge on any atom is 0.394 e. The summed E-state index contributed by atoms with van der Waals surface area (Å²) < 4.78 is 10.1. The van der Waals surface area contributed by atoms with Crippen molar-refractivity contribution < 1.29 is 13.9 Å². The number of carbonyl (C=O) groups excluding carboxylic acids is 1. The quantitative estimate of drug-likeness (QED) is 0.611. The number of nitrogens with zero attached hydrogens (tertiary/aromatic N) is 1. The third kappa shape index (κ3) is 2.02. The second kappa shape index (κ2) is 4.53. The van der Waals surface area contributed by atoms with E-state index in [1.54, 1.807) is 19.1 Å². The highest BCUT2D eigenvalue weighted by atomic mass is 35.5. The van der Waals surface area contributed by atoms with Gasteiger partial charge >= 0.3 is 11.9 Å². The summed E-state index contributed by atoms with van der Waals surface area (Å²) in [6.07, 6.45) is 0. The number of hydrogen-bond donors (Lipinski definition) is 0. The van der Waals surface area contributed by atoms with Gasteiger partial charge in [0.1, 0.15) is 5.52 Å². The summed E-state index contributed by atoms with van der Waals surface area (Å²) in [6, 6.07) is 5.37. The van der Waals surface area contributed by atoms with Gasteiger partial charge in [-0.3, -0.25) is 0 Å². The Labute approximate surface area is 97.2 Å². The van der Waals surface area contributed by atoms with Crippen LogP contribution in [0.2, 0.25) is 0 Å². The van der Waals surface area contributed by atoms with Crippen LogP contribution in [0.3, 0.4) is 0 Å². The van der Waals surface area contributed by atoms with Crippen molar-refractivity contribution in [3.63, 3.8) is 0 Å². The van der Waals surface area contributed by atoms with Crippen LogP contribution in [0.15, 0.2) is 22.6 Å². The highest BCUT2D eigenvalue weighted by Gasteiger charge is 2.15. The molecule has 0 spiro atoms. The van der Waals surface area contributed by atoms with Crippen LogP contribution in [-0.2, 0) is 10.6 Å². The van der Waals surface area contributed by atoms with E-state index in [-0.39, 0.29) is 5.89 Å². The number of benzene rings is 1. The molecule has 0 aliphatic rings. The van der Waals surface area contributed by atoms with Gasteiger partial charge in [-0.2, -0.15) is 0 Å². The molecular formula is C11H10ClNO3. The largest absolute Gasteiger partial charge is 0.459 e. The molecule has 0 radical (unpaired) electrons. The molecule has 1 aromatic heterocycles. The van der Waals surface area contributed by atoms with E-state index in [2.05, 4.69) is 4.98 Å². The smallest absolute Gasteiger partial charge is 0.394 e. The van der Waals surface area contributed by atoms with Crippen molar-refractivity contribution >= 4 is 28.7 Å². The molecule has 0 N–H and O–H groups in total. The summed E-state index contributed by atoms with van der Waals surface area (Å²) in [5.74, 6) is -0.180. The monoisotopic (exact) mass is 239 g/mol. The van der Waals surface area contributed by atoms with Crippen LogP contribution in [0.1, 0.15) is 23.2 Å². The van der Waals surface area contributed by atoms with Gasteiger partial charge in [0, 0.05) is 5.88 Å². The first kappa shape index (κ1) is 11.0. The van der Waals surface area contributed by atoms with Crippen molar-refractivity contribution in [2.24, 2.45) is 0 Å². The molecule has 84 valence electrons. The minimum atomic E-state index is -0.550. The van der Waals surface area contributed by atoms with E-state index in [9.17, 15) is 4.79 Å². The number of ether oxygens (including phenoxy) is 1. The Morgan fingerprint density at radius 3 is 3.06 bits per heavy atom. The van der Waals surface area contributed by atoms with Gasteiger partial charge < -0.3 is 9.15 Å². The number of aromatic nitrogens is 1. The number of halogens is 1. The Kier molecular flexibility index (Phi) is 3.10. The van der Waals surface area contributed by atoms with Crippen LogP contribution in [0.4, 0.5) is 0 Å². The molecule has 0 atom stereocenters. The molecule has 1 aromatic carbocycles. The van der Waals surface area contributed by atoms with Gasteiger partial charge in [0.05, 0.1) is 6.61 Å². The molecule has 0 unspecified atom stereocenters. The molecule has 0 aliphatic heterocycles. The Balaban J connectivity index is 2.39. The van der Waals surface area contributed by atoms with E-state index < -0.39 is 5.97 Å². The highest BCUT2D eigenvalue weighted by Crippen LogP contribution is 2.18. The third-order valence-corrected chi connectivity index (χ3v) is 2.37. The summed E-state index contributed by atoms with van der Waals surface area (Å²) in [4.78, 5) is 15.4. The van der Waals surface area contributed by atoms with Crippen LogP contribution in [-0.4, -0.2) is 17.6 Å². The van der Waals surface area contributed by atoms with E-state index in [4.69, 9.17) is 20.8 Å². The second-order valence-electron chi connectivity index (χ2n) is 3.18. The normalized spacial score (nSPS) is 10.6. The zero-order valence-electron chi connectivity index (χ0n) is 8.70. The van der Waals surface area contributed by atoms with Crippen molar-refractivity contribution in [3.8, 4) is 0 Å². The number of esters is 1. The fourth-order valence-electron chi connectivity index (χ4n) is 1.33. The van der Waals surface area contributed by atoms with Crippen LogP contribution < -0.4 is 0 Å². The van der Waals surface area contributed by atoms with Crippen LogP contribution in [0.25, 0.3) is 11.1 Å². The number of oxazole rings is 1. The third-order valence-electron chi connectivity index (χ3n) is 2.06. The number of hydrogen-bond acceptors (Lipinski definition) is 4. The Morgan fingerprint density at radius 2 is 2.38 bits per heavy atom. The fraction of sp³-hybridized carbons (Fsp3) is 0.273. The van der Waals surface area contributed by atoms with Gasteiger partial charge in [0.25, 0.3) is 0 Å². The second-order valence-corrected chi connectivity index (χ2v) is 3.44. The SMILES string of the molecule is CCOC(=O)c1nc2ccc(CCl)cc2o1. The lowest BCUT2D eigenvalue weighted by Gasteiger charge is -1.94. The molecule has 0 fully saturated rings. The molecular weight excluding hydrogens is 230 g/mol. The minimum Gasteiger partial charge on any atom is -0.459 e. The van der Waals surface area contributed by atoms with Gasteiger partial charge in [-0.05, 0) is 24.6 Å². The average molecular weight is 240 g/mol. The van der Waals surface area contributed by atoms with Gasteiger partial charge in [-0.25, -0.2) is 9.78 Å². The number of carbonyl (C=O) groups is 1. The molecule has 4 nitrogen and oxygen atoms in total. The molecule has 1 heterocycles. The lowest BCUT2D eigenvalue weighted by atomic mass is 10.2. The van der Waals surface area contributed by atoms with Gasteiger partial charge in [0.15, 0.2) is 5.58 Å². The van der Waals surface area contributed by atoms with Crippen molar-refractivity contribution in [1.82, 2.24) is 4.98 Å². The van der Waals surface area contributed by atoms with Crippen LogP contribution >= 0.6 is 11.6 Å². The van der Waals surface area contributed by atoms with Crippen LogP contribution in [0.5, 0.6) is 0 Å². The lowest BCUT2D eigenvalue weighted by Crippen LogP contribution is -2.04. The predicted octanol–water partition coefficient (Wildman–Crippen LogP) is 2.74. The van der Waals surface area contributed by atoms with Crippen molar-refractivity contribution in [1.29, 1.82) is 0 Å². The Hall–Kier alpha value is -1.55. The Bertz CT molecular complexity index is 521. The van der Waals surface area contributed by atoms with E-state index >= 15 is 0 Å². The van der Waals surface area contributed by atoms with E-state index in [0.29, 0.717) is 23.6 Å². The first-order chi connectivity index (χ1) is 7.74. The predicted molar refractivity (Wildman–Crippen MR) is 59.5 cm³/mol. The zero-order chi connectivity index (χ0) is 11.5. The van der Waals surface area contributed by atoms with Crippen molar-refractivity contribution in [3.05, 3.63) is 29.7 Å². The molecule has 2 aromatic rings. The van der Waals surface area contributed by atoms with Crippen molar-refractivity contribution in [2.75, 3.05) is 6.61 Å². The highest BCUT2D eigenvalue weighted by molar-refractivity contribution is 6.17. The molecule has 0 bridgehead atoms. The average Bonchev–Trinajstić information content (AvgIpc) is 2.71. The van der Waals surface area contributed by atoms with Crippen molar-refractivity contribution in [2.45, 2.75) is 12.8 Å². The van der Waals surface area contributed by atoms with Crippen LogP contribution in [0, 0.1) is 0 Å². The molecule has 5 heteroatoms. The van der Waals surface area contributed by atoms with E-state index in [0.717, 1.165) is 5.56 Å². The van der Waals surface area contributed by atoms with Gasteiger partial charge in [-0.15, -0.1) is 11.6 Å². The lowest BCUT2D eigenvalue weighted by molar-refractivity contribution is 0.0483.